The van der Waals surface area contributed by atoms with E-state index in [9.17, 15) is 13.2 Å². The Bertz CT molecular complexity index is 1050. The van der Waals surface area contributed by atoms with Crippen LogP contribution >= 0.6 is 0 Å². The number of hydrogen-bond acceptors (Lipinski definition) is 5. The molecule has 1 fully saturated rings. The number of halogens is 3. The predicted molar refractivity (Wildman–Crippen MR) is 105 cm³/mol. The molecule has 0 bridgehead atoms. The summed E-state index contributed by atoms with van der Waals surface area (Å²) in [7, 11) is 0. The first-order valence-corrected chi connectivity index (χ1v) is 9.39. The lowest BCUT2D eigenvalue weighted by Gasteiger charge is -2.28. The van der Waals surface area contributed by atoms with E-state index in [2.05, 4.69) is 15.2 Å². The van der Waals surface area contributed by atoms with E-state index >= 15 is 0 Å². The fourth-order valence-corrected chi connectivity index (χ4v) is 3.56. The van der Waals surface area contributed by atoms with Gasteiger partial charge in [-0.3, -0.25) is 0 Å². The van der Waals surface area contributed by atoms with Crippen molar-refractivity contribution in [3.8, 4) is 0 Å². The minimum Gasteiger partial charge on any atom is -0.378 e. The number of nitrogens with zero attached hydrogens (tertiary/aromatic N) is 4. The van der Waals surface area contributed by atoms with Crippen molar-refractivity contribution in [3.05, 3.63) is 46.6 Å². The Morgan fingerprint density at radius 2 is 1.83 bits per heavy atom. The number of nitrogens with one attached hydrogen (secondary N) is 1. The Morgan fingerprint density at radius 1 is 1.10 bits per heavy atom. The van der Waals surface area contributed by atoms with E-state index < -0.39 is 11.7 Å². The second kappa shape index (κ2) is 7.22. The Kier molecular flexibility index (Phi) is 4.85. The molecule has 1 aromatic carbocycles. The Labute approximate surface area is 166 Å². The summed E-state index contributed by atoms with van der Waals surface area (Å²) >= 11 is 0. The second-order valence-electron chi connectivity index (χ2n) is 7.17. The van der Waals surface area contributed by atoms with Crippen LogP contribution in [0.2, 0.25) is 0 Å². The van der Waals surface area contributed by atoms with E-state index in [1.54, 1.807) is 10.6 Å². The first-order chi connectivity index (χ1) is 13.8. The van der Waals surface area contributed by atoms with Gasteiger partial charge in [-0.2, -0.15) is 17.7 Å². The van der Waals surface area contributed by atoms with Crippen LogP contribution < -0.4 is 10.2 Å². The second-order valence-corrected chi connectivity index (χ2v) is 7.17. The maximum atomic E-state index is 13.3. The third-order valence-corrected chi connectivity index (χ3v) is 5.16. The van der Waals surface area contributed by atoms with Crippen LogP contribution in [0.5, 0.6) is 0 Å². The van der Waals surface area contributed by atoms with Gasteiger partial charge >= 0.3 is 6.18 Å². The maximum Gasteiger partial charge on any atom is 0.416 e. The van der Waals surface area contributed by atoms with Crippen LogP contribution in [0.25, 0.3) is 5.65 Å². The summed E-state index contributed by atoms with van der Waals surface area (Å²) in [6.45, 7) is 7.97. The largest absolute Gasteiger partial charge is 0.416 e. The van der Waals surface area contributed by atoms with Gasteiger partial charge in [-0.05, 0) is 50.1 Å². The van der Waals surface area contributed by atoms with Crippen LogP contribution in [-0.2, 0) is 10.9 Å². The normalized spacial score (nSPS) is 15.2. The summed E-state index contributed by atoms with van der Waals surface area (Å²) in [6.07, 6.45) is -4.41. The molecule has 0 amide bonds. The van der Waals surface area contributed by atoms with E-state index in [0.717, 1.165) is 30.5 Å². The van der Waals surface area contributed by atoms with Crippen molar-refractivity contribution in [2.45, 2.75) is 26.9 Å². The minimum absolute atomic E-state index is 0.135. The molecular weight excluding hydrogens is 383 g/mol. The van der Waals surface area contributed by atoms with Crippen molar-refractivity contribution in [3.63, 3.8) is 0 Å². The average molecular weight is 405 g/mol. The van der Waals surface area contributed by atoms with Gasteiger partial charge in [0.25, 0.3) is 0 Å². The predicted octanol–water partition coefficient (Wildman–Crippen LogP) is 4.25. The molecule has 6 nitrogen and oxygen atoms in total. The molecule has 0 unspecified atom stereocenters. The molecule has 1 saturated heterocycles. The van der Waals surface area contributed by atoms with Crippen LogP contribution in [0.3, 0.4) is 0 Å². The maximum absolute atomic E-state index is 13.3. The number of aryl methyl sites for hydroxylation is 2. The summed E-state index contributed by atoms with van der Waals surface area (Å²) in [4.78, 5) is 6.70. The number of morpholine rings is 1. The van der Waals surface area contributed by atoms with Crippen LogP contribution in [0, 0.1) is 20.8 Å². The number of hydrogen-bond donors (Lipinski definition) is 1. The van der Waals surface area contributed by atoms with Gasteiger partial charge in [-0.15, -0.1) is 5.10 Å². The number of anilines is 3. The van der Waals surface area contributed by atoms with Crippen molar-refractivity contribution in [1.82, 2.24) is 14.6 Å². The van der Waals surface area contributed by atoms with Crippen molar-refractivity contribution in [2.75, 3.05) is 36.5 Å². The lowest BCUT2D eigenvalue weighted by atomic mass is 10.1. The Hall–Kier alpha value is -2.81. The molecule has 29 heavy (non-hydrogen) atoms. The summed E-state index contributed by atoms with van der Waals surface area (Å²) in [5.74, 6) is 1.35. The quantitative estimate of drug-likeness (QED) is 0.706. The molecule has 4 rings (SSSR count). The summed E-state index contributed by atoms with van der Waals surface area (Å²) in [5.41, 5.74) is 2.13. The molecule has 1 aliphatic rings. The molecule has 9 heteroatoms. The zero-order chi connectivity index (χ0) is 20.8. The monoisotopic (exact) mass is 405 g/mol. The molecule has 1 aliphatic heterocycles. The van der Waals surface area contributed by atoms with Crippen LogP contribution in [-0.4, -0.2) is 40.9 Å². The molecule has 2 aromatic heterocycles. The zero-order valence-corrected chi connectivity index (χ0v) is 16.5. The molecule has 154 valence electrons. The van der Waals surface area contributed by atoms with E-state index in [1.807, 2.05) is 19.9 Å². The third kappa shape index (κ3) is 3.62. The van der Waals surface area contributed by atoms with Gasteiger partial charge < -0.3 is 15.0 Å². The van der Waals surface area contributed by atoms with Gasteiger partial charge in [0, 0.05) is 18.8 Å². The highest BCUT2D eigenvalue weighted by Crippen LogP contribution is 2.36. The number of benzene rings is 1. The first kappa shape index (κ1) is 19.5. The number of fused-ring (bicyclic) bond motifs is 1. The highest BCUT2D eigenvalue weighted by atomic mass is 19.4. The van der Waals surface area contributed by atoms with Crippen LogP contribution in [0.4, 0.5) is 30.5 Å². The Morgan fingerprint density at radius 3 is 2.52 bits per heavy atom. The van der Waals surface area contributed by atoms with Gasteiger partial charge in [0.15, 0.2) is 11.5 Å². The van der Waals surface area contributed by atoms with Gasteiger partial charge in [0.05, 0.1) is 24.5 Å². The molecule has 3 aromatic rings. The summed E-state index contributed by atoms with van der Waals surface area (Å²) in [6, 6.07) is 6.09. The van der Waals surface area contributed by atoms with E-state index in [4.69, 9.17) is 9.84 Å². The minimum atomic E-state index is -4.41. The first-order valence-electron chi connectivity index (χ1n) is 9.39. The number of aromatic nitrogens is 3. The zero-order valence-electron chi connectivity index (χ0n) is 16.5. The van der Waals surface area contributed by atoms with Crippen molar-refractivity contribution >= 4 is 23.0 Å². The highest BCUT2D eigenvalue weighted by molar-refractivity contribution is 5.68. The Balaban J connectivity index is 1.78. The molecule has 1 N–H and O–H groups in total. The van der Waals surface area contributed by atoms with Crippen molar-refractivity contribution < 1.29 is 17.9 Å². The lowest BCUT2D eigenvalue weighted by molar-refractivity contribution is -0.138. The molecule has 0 atom stereocenters. The number of rotatable bonds is 3. The van der Waals surface area contributed by atoms with Gasteiger partial charge in [-0.25, -0.2) is 4.98 Å². The SMILES string of the molecule is Cc1nc2c(C)cc(N3CCOCC3)nn2c1Nc1cccc(C(F)(F)F)c1C. The molecule has 3 heterocycles. The standard InChI is InChI=1S/C20H22F3N5O/c1-12-11-17(27-7-9-29-10-8-27)26-28-18(12)24-14(3)19(28)25-16-6-4-5-15(13(16)2)20(21,22)23/h4-6,11,25H,7-10H2,1-3H3. The third-order valence-electron chi connectivity index (χ3n) is 5.16. The van der Waals surface area contributed by atoms with Gasteiger partial charge in [0.1, 0.15) is 5.82 Å². The molecule has 0 spiro atoms. The fourth-order valence-electron chi connectivity index (χ4n) is 3.56. The van der Waals surface area contributed by atoms with Crippen LogP contribution in [0.15, 0.2) is 24.3 Å². The van der Waals surface area contributed by atoms with Crippen molar-refractivity contribution in [2.24, 2.45) is 0 Å². The number of alkyl halides is 3. The summed E-state index contributed by atoms with van der Waals surface area (Å²) in [5, 5.41) is 7.85. The number of imidazole rings is 1. The molecule has 0 saturated carbocycles. The summed E-state index contributed by atoms with van der Waals surface area (Å²) < 4.78 is 46.9. The lowest BCUT2D eigenvalue weighted by Crippen LogP contribution is -2.37. The van der Waals surface area contributed by atoms with Gasteiger partial charge in [-0.1, -0.05) is 6.07 Å². The van der Waals surface area contributed by atoms with Gasteiger partial charge in [0.2, 0.25) is 0 Å². The van der Waals surface area contributed by atoms with E-state index in [0.29, 0.717) is 36.1 Å². The highest BCUT2D eigenvalue weighted by Gasteiger charge is 2.33. The van der Waals surface area contributed by atoms with E-state index in [1.165, 1.54) is 13.0 Å². The van der Waals surface area contributed by atoms with Crippen molar-refractivity contribution in [1.29, 1.82) is 0 Å². The topological polar surface area (TPSA) is 54.7 Å². The van der Waals surface area contributed by atoms with Crippen LogP contribution in [0.1, 0.15) is 22.4 Å². The number of ether oxygens (including phenoxy) is 1. The molecular formula is C20H22F3N5O. The molecule has 0 radical (unpaired) electrons. The van der Waals surface area contributed by atoms with E-state index in [-0.39, 0.29) is 5.56 Å². The fraction of sp³-hybridized carbons (Fsp3) is 0.400. The average Bonchev–Trinajstić information content (AvgIpc) is 2.99. The smallest absolute Gasteiger partial charge is 0.378 e. The molecule has 0 aliphatic carbocycles.